The highest BCUT2D eigenvalue weighted by Gasteiger charge is 2.26. The van der Waals surface area contributed by atoms with Crippen molar-refractivity contribution in [2.75, 3.05) is 19.7 Å². The molecule has 0 spiro atoms. The maximum atomic E-state index is 11.9. The molecule has 0 saturated carbocycles. The molecule has 0 aromatic heterocycles. The van der Waals surface area contributed by atoms with E-state index in [1.165, 1.54) is 0 Å². The van der Waals surface area contributed by atoms with Crippen LogP contribution >= 0.6 is 0 Å². The Kier molecular flexibility index (Phi) is 4.93. The van der Waals surface area contributed by atoms with Crippen molar-refractivity contribution in [3.05, 3.63) is 0 Å². The summed E-state index contributed by atoms with van der Waals surface area (Å²) in [6.45, 7) is 7.13. The van der Waals surface area contributed by atoms with Crippen molar-refractivity contribution in [2.24, 2.45) is 0 Å². The van der Waals surface area contributed by atoms with Crippen LogP contribution < -0.4 is 0 Å². The van der Waals surface area contributed by atoms with E-state index in [0.717, 1.165) is 12.7 Å². The van der Waals surface area contributed by atoms with E-state index >= 15 is 0 Å². The van der Waals surface area contributed by atoms with Gasteiger partial charge in [0.25, 0.3) is 0 Å². The number of amides is 1. The molecule has 1 amide bonds. The highest BCUT2D eigenvalue weighted by atomic mass is 16.6. The number of rotatable bonds is 2. The third kappa shape index (κ3) is 5.17. The molecule has 1 atom stereocenters. The molecule has 0 radical (unpaired) electrons. The molecule has 1 heterocycles. The Hall–Kier alpha value is -1.10. The quantitative estimate of drug-likeness (QED) is 0.691. The highest BCUT2D eigenvalue weighted by molar-refractivity contribution is 5.68. The minimum atomic E-state index is -0.496. The Morgan fingerprint density at radius 2 is 2.24 bits per heavy atom. The van der Waals surface area contributed by atoms with Gasteiger partial charge in [0.1, 0.15) is 11.9 Å². The second-order valence-corrected chi connectivity index (χ2v) is 5.18. The first-order chi connectivity index (χ1) is 7.92. The maximum absolute atomic E-state index is 11.9. The number of aldehydes is 1. The van der Waals surface area contributed by atoms with Gasteiger partial charge in [0.15, 0.2) is 0 Å². The summed E-state index contributed by atoms with van der Waals surface area (Å²) in [5.41, 5.74) is -0.496. The lowest BCUT2D eigenvalue weighted by Gasteiger charge is -2.27. The molecule has 5 heteroatoms. The fraction of sp³-hybridized carbons (Fsp3) is 0.833. The first-order valence-electron chi connectivity index (χ1n) is 5.95. The third-order valence-corrected chi connectivity index (χ3v) is 2.36. The third-order valence-electron chi connectivity index (χ3n) is 2.36. The van der Waals surface area contributed by atoms with E-state index in [-0.39, 0.29) is 12.2 Å². The molecule has 1 unspecified atom stereocenters. The van der Waals surface area contributed by atoms with E-state index in [1.54, 1.807) is 4.90 Å². The Morgan fingerprint density at radius 1 is 1.53 bits per heavy atom. The molecule has 0 aliphatic carbocycles. The number of nitrogens with zero attached hydrogens (tertiary/aromatic N) is 1. The van der Waals surface area contributed by atoms with Crippen molar-refractivity contribution in [2.45, 2.75) is 45.3 Å². The molecule has 0 aromatic rings. The zero-order valence-electron chi connectivity index (χ0n) is 10.8. The second kappa shape index (κ2) is 6.00. The van der Waals surface area contributed by atoms with Crippen LogP contribution in [0.4, 0.5) is 4.79 Å². The normalized spacial score (nSPS) is 21.8. The molecule has 98 valence electrons. The van der Waals surface area contributed by atoms with Gasteiger partial charge in [-0.2, -0.15) is 0 Å². The fourth-order valence-electron chi connectivity index (χ4n) is 1.64. The molecule has 1 rings (SSSR count). The van der Waals surface area contributed by atoms with Crippen molar-refractivity contribution in [3.8, 4) is 0 Å². The Labute approximate surface area is 102 Å². The summed E-state index contributed by atoms with van der Waals surface area (Å²) in [5.74, 6) is 0. The molecular formula is C12H21NO4. The van der Waals surface area contributed by atoms with E-state index in [1.807, 2.05) is 20.8 Å². The minimum absolute atomic E-state index is 0.206. The predicted molar refractivity (Wildman–Crippen MR) is 62.8 cm³/mol. The molecule has 1 aliphatic heterocycles. The van der Waals surface area contributed by atoms with Crippen LogP contribution in [0.2, 0.25) is 0 Å². The van der Waals surface area contributed by atoms with Crippen molar-refractivity contribution < 1.29 is 19.1 Å². The average molecular weight is 243 g/mol. The molecule has 0 aromatic carbocycles. The van der Waals surface area contributed by atoms with Crippen LogP contribution in [0.3, 0.4) is 0 Å². The molecule has 1 aliphatic rings. The van der Waals surface area contributed by atoms with Gasteiger partial charge in [-0.25, -0.2) is 4.79 Å². The Balaban J connectivity index is 2.55. The van der Waals surface area contributed by atoms with Crippen LogP contribution in [0.15, 0.2) is 0 Å². The van der Waals surface area contributed by atoms with Crippen molar-refractivity contribution in [1.29, 1.82) is 0 Å². The standard InChI is InChI=1S/C12H21NO4/c1-12(2,3)17-11(15)13-6-4-8-16-10(9-13)5-7-14/h7,10H,4-6,8-9H2,1-3H3. The minimum Gasteiger partial charge on any atom is -0.444 e. The number of carbonyl (C=O) groups is 2. The summed E-state index contributed by atoms with van der Waals surface area (Å²) < 4.78 is 10.8. The summed E-state index contributed by atoms with van der Waals surface area (Å²) in [6, 6.07) is 0. The SMILES string of the molecule is CC(C)(C)OC(=O)N1CCCOC(CC=O)C1. The largest absolute Gasteiger partial charge is 0.444 e. The van der Waals surface area contributed by atoms with Crippen molar-refractivity contribution in [3.63, 3.8) is 0 Å². The van der Waals surface area contributed by atoms with Crippen LogP contribution in [0.25, 0.3) is 0 Å². The molecule has 5 nitrogen and oxygen atoms in total. The smallest absolute Gasteiger partial charge is 0.410 e. The fourth-order valence-corrected chi connectivity index (χ4v) is 1.64. The lowest BCUT2D eigenvalue weighted by atomic mass is 10.2. The summed E-state index contributed by atoms with van der Waals surface area (Å²) in [5, 5.41) is 0. The highest BCUT2D eigenvalue weighted by Crippen LogP contribution is 2.14. The zero-order chi connectivity index (χ0) is 12.9. The molecule has 1 saturated heterocycles. The molecule has 0 bridgehead atoms. The van der Waals surface area contributed by atoms with Crippen LogP contribution in [0.5, 0.6) is 0 Å². The van der Waals surface area contributed by atoms with Crippen molar-refractivity contribution >= 4 is 12.4 Å². The second-order valence-electron chi connectivity index (χ2n) is 5.18. The van der Waals surface area contributed by atoms with Gasteiger partial charge in [0.2, 0.25) is 0 Å². The van der Waals surface area contributed by atoms with Crippen LogP contribution in [0.1, 0.15) is 33.6 Å². The van der Waals surface area contributed by atoms with Gasteiger partial charge < -0.3 is 19.2 Å². The van der Waals surface area contributed by atoms with E-state index in [9.17, 15) is 9.59 Å². The van der Waals surface area contributed by atoms with Gasteiger partial charge in [-0.15, -0.1) is 0 Å². The van der Waals surface area contributed by atoms with E-state index in [2.05, 4.69) is 0 Å². The number of hydrogen-bond donors (Lipinski definition) is 0. The van der Waals surface area contributed by atoms with Gasteiger partial charge in [-0.3, -0.25) is 0 Å². The number of carbonyl (C=O) groups excluding carboxylic acids is 2. The van der Waals surface area contributed by atoms with Gasteiger partial charge in [-0.1, -0.05) is 0 Å². The Morgan fingerprint density at radius 3 is 2.82 bits per heavy atom. The summed E-state index contributed by atoms with van der Waals surface area (Å²) in [4.78, 5) is 24.0. The molecule has 1 fully saturated rings. The van der Waals surface area contributed by atoms with Gasteiger partial charge in [0.05, 0.1) is 12.6 Å². The predicted octanol–water partition coefficient (Wildman–Crippen LogP) is 1.60. The van der Waals surface area contributed by atoms with Crippen LogP contribution in [0, 0.1) is 0 Å². The van der Waals surface area contributed by atoms with Gasteiger partial charge in [-0.05, 0) is 27.2 Å². The van der Waals surface area contributed by atoms with Gasteiger partial charge >= 0.3 is 6.09 Å². The number of ether oxygens (including phenoxy) is 2. The van der Waals surface area contributed by atoms with Crippen LogP contribution in [-0.4, -0.2) is 48.7 Å². The zero-order valence-corrected chi connectivity index (χ0v) is 10.8. The monoisotopic (exact) mass is 243 g/mol. The van der Waals surface area contributed by atoms with E-state index in [0.29, 0.717) is 26.1 Å². The average Bonchev–Trinajstić information content (AvgIpc) is 2.41. The first-order valence-corrected chi connectivity index (χ1v) is 5.95. The molecule has 0 N–H and O–H groups in total. The lowest BCUT2D eigenvalue weighted by Crippen LogP contribution is -2.40. The summed E-state index contributed by atoms with van der Waals surface area (Å²) >= 11 is 0. The van der Waals surface area contributed by atoms with E-state index < -0.39 is 5.60 Å². The first kappa shape index (κ1) is 14.0. The van der Waals surface area contributed by atoms with Crippen LogP contribution in [-0.2, 0) is 14.3 Å². The Bertz CT molecular complexity index is 272. The molecule has 17 heavy (non-hydrogen) atoms. The topological polar surface area (TPSA) is 55.8 Å². The van der Waals surface area contributed by atoms with Gasteiger partial charge in [0, 0.05) is 19.6 Å². The molecular weight excluding hydrogens is 222 g/mol. The summed E-state index contributed by atoms with van der Waals surface area (Å²) in [6.07, 6.45) is 1.37. The lowest BCUT2D eigenvalue weighted by molar-refractivity contribution is -0.110. The number of hydrogen-bond acceptors (Lipinski definition) is 4. The van der Waals surface area contributed by atoms with E-state index in [4.69, 9.17) is 9.47 Å². The summed E-state index contributed by atoms with van der Waals surface area (Å²) in [7, 11) is 0. The maximum Gasteiger partial charge on any atom is 0.410 e. The van der Waals surface area contributed by atoms with Crippen molar-refractivity contribution in [1.82, 2.24) is 4.90 Å².